The van der Waals surface area contributed by atoms with Crippen molar-refractivity contribution in [2.75, 3.05) is 20.1 Å². The Labute approximate surface area is 77.1 Å². The molecule has 0 aromatic carbocycles. The van der Waals surface area contributed by atoms with Crippen molar-refractivity contribution in [1.82, 2.24) is 4.90 Å². The molecule has 1 aliphatic rings. The number of hydrogen-bond acceptors (Lipinski definition) is 2. The summed E-state index contributed by atoms with van der Waals surface area (Å²) in [4.78, 5) is 2.57. The number of hydrogen-bond donors (Lipinski definition) is 1. The molecule has 1 saturated heterocycles. The molecule has 2 heteroatoms. The summed E-state index contributed by atoms with van der Waals surface area (Å²) in [5.41, 5.74) is 4.50. The molecule has 12 heavy (non-hydrogen) atoms. The molecule has 2 N–H and O–H groups in total. The average molecular weight is 172 g/mol. The molecule has 0 atom stereocenters. The maximum atomic E-state index is 4.50. The third-order valence-corrected chi connectivity index (χ3v) is 2.55. The van der Waals surface area contributed by atoms with Crippen molar-refractivity contribution in [3.63, 3.8) is 0 Å². The second-order valence-corrected chi connectivity index (χ2v) is 3.81. The van der Waals surface area contributed by atoms with Crippen molar-refractivity contribution >= 4 is 0 Å². The molecule has 74 valence electrons. The van der Waals surface area contributed by atoms with Gasteiger partial charge in [0.25, 0.3) is 0 Å². The molecular formula is C10H24N2. The Bertz CT molecular complexity index is 94.0. The van der Waals surface area contributed by atoms with Crippen LogP contribution in [0.1, 0.15) is 33.6 Å². The Morgan fingerprint density at radius 2 is 1.58 bits per heavy atom. The number of rotatable bonds is 1. The monoisotopic (exact) mass is 172 g/mol. The van der Waals surface area contributed by atoms with Gasteiger partial charge in [-0.3, -0.25) is 0 Å². The Morgan fingerprint density at radius 3 is 1.92 bits per heavy atom. The van der Waals surface area contributed by atoms with Crippen LogP contribution in [0.15, 0.2) is 0 Å². The maximum Gasteiger partial charge on any atom is 0.00385 e. The number of likely N-dealkylation sites (tertiary alicyclic amines) is 1. The Hall–Kier alpha value is -0.0800. The zero-order chi connectivity index (χ0) is 9.56. The normalized spacial score (nSPS) is 20.5. The quantitative estimate of drug-likeness (QED) is 0.652. The highest BCUT2D eigenvalue weighted by molar-refractivity contribution is 4.71. The first kappa shape index (κ1) is 11.9. The molecule has 0 aromatic rings. The van der Waals surface area contributed by atoms with Crippen LogP contribution in [0.5, 0.6) is 0 Å². The lowest BCUT2D eigenvalue weighted by atomic mass is 9.98. The van der Waals surface area contributed by atoms with E-state index in [1.807, 2.05) is 0 Å². The Morgan fingerprint density at radius 1 is 1.17 bits per heavy atom. The third kappa shape index (κ3) is 4.07. The molecule has 0 radical (unpaired) electrons. The van der Waals surface area contributed by atoms with Crippen LogP contribution in [-0.2, 0) is 0 Å². The van der Waals surface area contributed by atoms with Gasteiger partial charge in [-0.1, -0.05) is 6.92 Å². The van der Waals surface area contributed by atoms with Crippen LogP contribution in [0.3, 0.4) is 0 Å². The molecule has 0 spiro atoms. The first-order valence-electron chi connectivity index (χ1n) is 5.02. The minimum absolute atomic E-state index is 0.757. The summed E-state index contributed by atoms with van der Waals surface area (Å²) >= 11 is 0. The van der Waals surface area contributed by atoms with Gasteiger partial charge in [0.1, 0.15) is 0 Å². The van der Waals surface area contributed by atoms with Crippen LogP contribution in [0.25, 0.3) is 0 Å². The molecule has 1 fully saturated rings. The predicted octanol–water partition coefficient (Wildman–Crippen LogP) is 1.70. The van der Waals surface area contributed by atoms with E-state index in [9.17, 15) is 0 Å². The Kier molecular flexibility index (Phi) is 6.39. The first-order valence-corrected chi connectivity index (χ1v) is 5.02. The van der Waals surface area contributed by atoms with E-state index < -0.39 is 0 Å². The molecule has 0 saturated carbocycles. The van der Waals surface area contributed by atoms with Gasteiger partial charge in [-0.15, -0.1) is 0 Å². The van der Waals surface area contributed by atoms with Crippen molar-refractivity contribution in [1.29, 1.82) is 0 Å². The standard InChI is InChI=1S/C9H19N.CH5N/c1-8(2)10-6-4-9(3)5-7-10;1-2/h8-9H,4-7H2,1-3H3;2H2,1H3. The highest BCUT2D eigenvalue weighted by Gasteiger charge is 2.16. The number of nitrogens with two attached hydrogens (primary N) is 1. The largest absolute Gasteiger partial charge is 0.333 e. The second-order valence-electron chi connectivity index (χ2n) is 3.81. The SMILES string of the molecule is CC1CCN(C(C)C)CC1.CN. The molecule has 0 aliphatic carbocycles. The van der Waals surface area contributed by atoms with Crippen LogP contribution in [0, 0.1) is 5.92 Å². The van der Waals surface area contributed by atoms with Crippen molar-refractivity contribution < 1.29 is 0 Å². The maximum absolute atomic E-state index is 4.50. The molecule has 1 heterocycles. The van der Waals surface area contributed by atoms with E-state index in [-0.39, 0.29) is 0 Å². The molecular weight excluding hydrogens is 148 g/mol. The summed E-state index contributed by atoms with van der Waals surface area (Å²) in [6.07, 6.45) is 2.80. The minimum atomic E-state index is 0.757. The summed E-state index contributed by atoms with van der Waals surface area (Å²) < 4.78 is 0. The lowest BCUT2D eigenvalue weighted by Crippen LogP contribution is -2.37. The van der Waals surface area contributed by atoms with Crippen molar-refractivity contribution in [2.24, 2.45) is 11.7 Å². The van der Waals surface area contributed by atoms with E-state index >= 15 is 0 Å². The first-order chi connectivity index (χ1) is 5.70. The lowest BCUT2D eigenvalue weighted by Gasteiger charge is -2.33. The van der Waals surface area contributed by atoms with E-state index in [2.05, 4.69) is 31.4 Å². The average Bonchev–Trinajstić information content (AvgIpc) is 2.09. The van der Waals surface area contributed by atoms with Gasteiger partial charge >= 0.3 is 0 Å². The van der Waals surface area contributed by atoms with E-state index in [1.54, 1.807) is 0 Å². The zero-order valence-electron chi connectivity index (χ0n) is 9.01. The molecule has 0 bridgehead atoms. The molecule has 1 aliphatic heterocycles. The Balaban J connectivity index is 0.000000561. The fourth-order valence-electron chi connectivity index (χ4n) is 1.54. The van der Waals surface area contributed by atoms with Crippen molar-refractivity contribution in [3.05, 3.63) is 0 Å². The second kappa shape index (κ2) is 6.44. The number of nitrogens with zero attached hydrogens (tertiary/aromatic N) is 1. The zero-order valence-corrected chi connectivity index (χ0v) is 9.01. The van der Waals surface area contributed by atoms with Crippen molar-refractivity contribution in [3.8, 4) is 0 Å². The minimum Gasteiger partial charge on any atom is -0.333 e. The smallest absolute Gasteiger partial charge is 0.00385 e. The van der Waals surface area contributed by atoms with Crippen LogP contribution < -0.4 is 5.73 Å². The van der Waals surface area contributed by atoms with Crippen LogP contribution in [0.2, 0.25) is 0 Å². The van der Waals surface area contributed by atoms with E-state index in [0.29, 0.717) is 0 Å². The van der Waals surface area contributed by atoms with E-state index in [0.717, 1.165) is 12.0 Å². The van der Waals surface area contributed by atoms with E-state index in [4.69, 9.17) is 0 Å². The van der Waals surface area contributed by atoms with Gasteiger partial charge in [0.2, 0.25) is 0 Å². The van der Waals surface area contributed by atoms with E-state index in [1.165, 1.54) is 33.0 Å². The van der Waals surface area contributed by atoms with Gasteiger partial charge in [-0.2, -0.15) is 0 Å². The number of piperidine rings is 1. The summed E-state index contributed by atoms with van der Waals surface area (Å²) in [6.45, 7) is 9.57. The molecule has 0 unspecified atom stereocenters. The molecule has 2 nitrogen and oxygen atoms in total. The van der Waals surface area contributed by atoms with Crippen LogP contribution >= 0.6 is 0 Å². The highest BCUT2D eigenvalue weighted by Crippen LogP contribution is 2.17. The predicted molar refractivity (Wildman–Crippen MR) is 55.2 cm³/mol. The van der Waals surface area contributed by atoms with Crippen molar-refractivity contribution in [2.45, 2.75) is 39.7 Å². The van der Waals surface area contributed by atoms with Crippen LogP contribution in [0.4, 0.5) is 0 Å². The van der Waals surface area contributed by atoms with Gasteiger partial charge in [-0.25, -0.2) is 0 Å². The molecule has 0 amide bonds. The third-order valence-electron chi connectivity index (χ3n) is 2.55. The van der Waals surface area contributed by atoms with Gasteiger partial charge in [0, 0.05) is 6.04 Å². The van der Waals surface area contributed by atoms with Gasteiger partial charge in [-0.05, 0) is 52.7 Å². The highest BCUT2D eigenvalue weighted by atomic mass is 15.1. The van der Waals surface area contributed by atoms with Gasteiger partial charge in [0.15, 0.2) is 0 Å². The summed E-state index contributed by atoms with van der Waals surface area (Å²) in [5.74, 6) is 0.968. The fourth-order valence-corrected chi connectivity index (χ4v) is 1.54. The van der Waals surface area contributed by atoms with Gasteiger partial charge in [0.05, 0.1) is 0 Å². The fraction of sp³-hybridized carbons (Fsp3) is 1.00. The van der Waals surface area contributed by atoms with Gasteiger partial charge < -0.3 is 10.6 Å². The molecule has 0 aromatic heterocycles. The summed E-state index contributed by atoms with van der Waals surface area (Å²) in [5, 5.41) is 0. The summed E-state index contributed by atoms with van der Waals surface area (Å²) in [6, 6.07) is 0.757. The topological polar surface area (TPSA) is 29.3 Å². The summed E-state index contributed by atoms with van der Waals surface area (Å²) in [7, 11) is 1.50. The molecule has 1 rings (SSSR count). The van der Waals surface area contributed by atoms with Crippen LogP contribution in [-0.4, -0.2) is 31.1 Å². The lowest BCUT2D eigenvalue weighted by molar-refractivity contribution is 0.156.